The number of nitrogens with zero attached hydrogens (tertiary/aromatic N) is 3. The van der Waals surface area contributed by atoms with Crippen LogP contribution in [0.1, 0.15) is 24.0 Å². The van der Waals surface area contributed by atoms with Crippen molar-refractivity contribution in [2.45, 2.75) is 19.4 Å². The van der Waals surface area contributed by atoms with Crippen LogP contribution in [0.2, 0.25) is 5.15 Å². The predicted molar refractivity (Wildman–Crippen MR) is 81.0 cm³/mol. The second kappa shape index (κ2) is 6.91. The molecule has 0 bridgehead atoms. The number of halogens is 2. The van der Waals surface area contributed by atoms with Crippen LogP contribution in [0, 0.1) is 23.6 Å². The second-order valence-corrected chi connectivity index (χ2v) is 5.63. The first kappa shape index (κ1) is 15.0. The van der Waals surface area contributed by atoms with Crippen molar-refractivity contribution in [2.24, 2.45) is 5.92 Å². The van der Waals surface area contributed by atoms with Crippen LogP contribution in [0.15, 0.2) is 24.7 Å². The molecule has 2 aromatic heterocycles. The Kier molecular flexibility index (Phi) is 4.71. The Morgan fingerprint density at radius 2 is 2.14 bits per heavy atom. The summed E-state index contributed by atoms with van der Waals surface area (Å²) in [7, 11) is 0. The average molecular weight is 320 g/mol. The van der Waals surface area contributed by atoms with E-state index in [-0.39, 0.29) is 10.7 Å². The fourth-order valence-corrected chi connectivity index (χ4v) is 2.51. The lowest BCUT2D eigenvalue weighted by molar-refractivity contribution is 0.0601. The van der Waals surface area contributed by atoms with Crippen molar-refractivity contribution in [1.29, 1.82) is 0 Å². The molecule has 0 aliphatic carbocycles. The number of hydrogen-bond acceptors (Lipinski definition) is 3. The largest absolute Gasteiger partial charge is 0.381 e. The molecule has 1 aliphatic heterocycles. The topological polar surface area (TPSA) is 39.9 Å². The van der Waals surface area contributed by atoms with Gasteiger partial charge >= 0.3 is 0 Å². The van der Waals surface area contributed by atoms with Crippen molar-refractivity contribution in [3.8, 4) is 11.8 Å². The van der Waals surface area contributed by atoms with E-state index in [4.69, 9.17) is 16.3 Å². The van der Waals surface area contributed by atoms with Crippen LogP contribution in [0.4, 0.5) is 4.39 Å². The van der Waals surface area contributed by atoms with E-state index in [0.717, 1.165) is 44.2 Å². The highest BCUT2D eigenvalue weighted by molar-refractivity contribution is 6.29. The average Bonchev–Trinajstić information content (AvgIpc) is 2.95. The van der Waals surface area contributed by atoms with Gasteiger partial charge in [-0.05, 0) is 18.8 Å². The minimum absolute atomic E-state index is 0.118. The third-order valence-corrected chi connectivity index (χ3v) is 3.79. The Morgan fingerprint density at radius 3 is 2.91 bits per heavy atom. The molecule has 0 atom stereocenters. The highest BCUT2D eigenvalue weighted by Crippen LogP contribution is 2.16. The maximum absolute atomic E-state index is 13.6. The van der Waals surface area contributed by atoms with Crippen LogP contribution in [0.25, 0.3) is 0 Å². The molecular formula is C16H15ClFN3O. The zero-order valence-electron chi connectivity index (χ0n) is 11.9. The summed E-state index contributed by atoms with van der Waals surface area (Å²) in [5.41, 5.74) is 0.975. The fraction of sp³-hybridized carbons (Fsp3) is 0.375. The SMILES string of the molecule is Fc1cc(Cl)ncc1C#Cc1cnn(CC2CCOCC2)c1. The molecule has 0 aromatic carbocycles. The Morgan fingerprint density at radius 1 is 1.32 bits per heavy atom. The van der Waals surface area contributed by atoms with Gasteiger partial charge in [-0.3, -0.25) is 4.68 Å². The van der Waals surface area contributed by atoms with E-state index in [1.165, 1.54) is 6.20 Å². The van der Waals surface area contributed by atoms with E-state index in [9.17, 15) is 4.39 Å². The molecular weight excluding hydrogens is 305 g/mol. The first-order chi connectivity index (χ1) is 10.7. The summed E-state index contributed by atoms with van der Waals surface area (Å²) in [4.78, 5) is 3.83. The molecule has 1 saturated heterocycles. The summed E-state index contributed by atoms with van der Waals surface area (Å²) in [6.07, 6.45) is 7.01. The molecule has 2 aromatic rings. The van der Waals surface area contributed by atoms with Crippen LogP contribution < -0.4 is 0 Å². The summed E-state index contributed by atoms with van der Waals surface area (Å²) < 4.78 is 20.8. The normalized spacial score (nSPS) is 15.4. The van der Waals surface area contributed by atoms with Crippen LogP contribution in [-0.2, 0) is 11.3 Å². The summed E-state index contributed by atoms with van der Waals surface area (Å²) >= 11 is 5.61. The van der Waals surface area contributed by atoms with Crippen LogP contribution in [-0.4, -0.2) is 28.0 Å². The third-order valence-electron chi connectivity index (χ3n) is 3.58. The zero-order valence-corrected chi connectivity index (χ0v) is 12.7. The Bertz CT molecular complexity index is 714. The van der Waals surface area contributed by atoms with Crippen LogP contribution in [0.3, 0.4) is 0 Å². The van der Waals surface area contributed by atoms with Gasteiger partial charge in [0.25, 0.3) is 0 Å². The van der Waals surface area contributed by atoms with Gasteiger partial charge in [0.1, 0.15) is 11.0 Å². The van der Waals surface area contributed by atoms with Gasteiger partial charge in [-0.15, -0.1) is 0 Å². The van der Waals surface area contributed by atoms with Gasteiger partial charge in [0.05, 0.1) is 17.3 Å². The molecule has 0 amide bonds. The molecule has 0 saturated carbocycles. The van der Waals surface area contributed by atoms with Crippen LogP contribution in [0.5, 0.6) is 0 Å². The van der Waals surface area contributed by atoms with Crippen molar-refractivity contribution in [3.63, 3.8) is 0 Å². The van der Waals surface area contributed by atoms with E-state index < -0.39 is 5.82 Å². The summed E-state index contributed by atoms with van der Waals surface area (Å²) in [5, 5.41) is 4.42. The molecule has 114 valence electrons. The zero-order chi connectivity index (χ0) is 15.4. The Labute approximate surface area is 133 Å². The van der Waals surface area contributed by atoms with Crippen LogP contribution >= 0.6 is 11.6 Å². The number of rotatable bonds is 2. The molecule has 0 radical (unpaired) electrons. The van der Waals surface area contributed by atoms with E-state index in [0.29, 0.717) is 5.92 Å². The Hall–Kier alpha value is -1.90. The minimum atomic E-state index is -0.470. The minimum Gasteiger partial charge on any atom is -0.381 e. The van der Waals surface area contributed by atoms with Crippen molar-refractivity contribution >= 4 is 11.6 Å². The molecule has 6 heteroatoms. The van der Waals surface area contributed by atoms with E-state index in [2.05, 4.69) is 21.9 Å². The molecule has 0 unspecified atom stereocenters. The monoisotopic (exact) mass is 319 g/mol. The molecule has 3 rings (SSSR count). The lowest BCUT2D eigenvalue weighted by atomic mass is 10.0. The number of pyridine rings is 1. The van der Waals surface area contributed by atoms with Crippen molar-refractivity contribution in [2.75, 3.05) is 13.2 Å². The summed E-state index contributed by atoms with van der Waals surface area (Å²) in [6, 6.07) is 1.15. The first-order valence-corrected chi connectivity index (χ1v) is 7.52. The van der Waals surface area contributed by atoms with Gasteiger partial charge in [0, 0.05) is 38.2 Å². The van der Waals surface area contributed by atoms with Gasteiger partial charge in [-0.1, -0.05) is 23.4 Å². The van der Waals surface area contributed by atoms with Gasteiger partial charge in [0.2, 0.25) is 0 Å². The molecule has 0 N–H and O–H groups in total. The highest BCUT2D eigenvalue weighted by atomic mass is 35.5. The van der Waals surface area contributed by atoms with Gasteiger partial charge < -0.3 is 4.74 Å². The smallest absolute Gasteiger partial charge is 0.143 e. The van der Waals surface area contributed by atoms with Gasteiger partial charge in [-0.2, -0.15) is 5.10 Å². The third kappa shape index (κ3) is 3.85. The van der Waals surface area contributed by atoms with E-state index in [1.54, 1.807) is 6.20 Å². The molecule has 3 heterocycles. The number of hydrogen-bond donors (Lipinski definition) is 0. The van der Waals surface area contributed by atoms with Gasteiger partial charge in [-0.25, -0.2) is 9.37 Å². The van der Waals surface area contributed by atoms with Gasteiger partial charge in [0.15, 0.2) is 0 Å². The first-order valence-electron chi connectivity index (χ1n) is 7.14. The maximum atomic E-state index is 13.6. The Balaban J connectivity index is 1.68. The van der Waals surface area contributed by atoms with Crippen molar-refractivity contribution < 1.29 is 9.13 Å². The molecule has 1 fully saturated rings. The van der Waals surface area contributed by atoms with Crippen molar-refractivity contribution in [1.82, 2.24) is 14.8 Å². The molecule has 22 heavy (non-hydrogen) atoms. The highest BCUT2D eigenvalue weighted by Gasteiger charge is 2.14. The molecule has 4 nitrogen and oxygen atoms in total. The lowest BCUT2D eigenvalue weighted by Crippen LogP contribution is -2.20. The molecule has 1 aliphatic rings. The predicted octanol–water partition coefficient (Wildman–Crippen LogP) is 2.90. The fourth-order valence-electron chi connectivity index (χ4n) is 2.36. The summed E-state index contributed by atoms with van der Waals surface area (Å²) in [6.45, 7) is 2.50. The second-order valence-electron chi connectivity index (χ2n) is 5.24. The number of ether oxygens (including phenoxy) is 1. The molecule has 0 spiro atoms. The quantitative estimate of drug-likeness (QED) is 0.631. The van der Waals surface area contributed by atoms with E-state index >= 15 is 0 Å². The van der Waals surface area contributed by atoms with E-state index in [1.807, 2.05) is 10.9 Å². The maximum Gasteiger partial charge on any atom is 0.143 e. The lowest BCUT2D eigenvalue weighted by Gasteiger charge is -2.21. The summed E-state index contributed by atoms with van der Waals surface area (Å²) in [5.74, 6) is 5.77. The number of aromatic nitrogens is 3. The standard InChI is InChI=1S/C16H15ClFN3O/c17-16-7-15(18)14(9-19-16)2-1-13-8-20-21(11-13)10-12-3-5-22-6-4-12/h7-9,11-12H,3-6,10H2. The van der Waals surface area contributed by atoms with Crippen molar-refractivity contribution in [3.05, 3.63) is 46.8 Å².